The Labute approximate surface area is 371 Å². The van der Waals surface area contributed by atoms with Crippen molar-refractivity contribution in [3.8, 4) is 11.5 Å². The zero-order valence-corrected chi connectivity index (χ0v) is 40.5. The van der Waals surface area contributed by atoms with E-state index in [2.05, 4.69) is 72.8 Å². The molecule has 0 saturated carbocycles. The van der Waals surface area contributed by atoms with Gasteiger partial charge in [0.05, 0.1) is 0 Å². The van der Waals surface area contributed by atoms with Gasteiger partial charge in [0.2, 0.25) is 0 Å². The van der Waals surface area contributed by atoms with Gasteiger partial charge in [-0.15, -0.1) is 0 Å². The first kappa shape index (κ1) is 55.1. The molecule has 0 spiro atoms. The Bertz CT molecular complexity index is 1360. The largest absolute Gasteiger partial charge is 0.427 e. The van der Waals surface area contributed by atoms with E-state index >= 15 is 0 Å². The fraction of sp³-hybridized carbons (Fsp3) is 0.714. The Morgan fingerprint density at radius 1 is 0.433 bits per heavy atom. The van der Waals surface area contributed by atoms with Crippen LogP contribution in [0.15, 0.2) is 64.8 Å². The third kappa shape index (κ3) is 33.8. The maximum atomic E-state index is 13.0. The van der Waals surface area contributed by atoms with Crippen molar-refractivity contribution in [2.45, 2.75) is 260 Å². The first-order valence-corrected chi connectivity index (χ1v) is 25.3. The van der Waals surface area contributed by atoms with Gasteiger partial charge in [0.15, 0.2) is 0 Å². The van der Waals surface area contributed by atoms with Gasteiger partial charge in [0, 0.05) is 18.4 Å². The van der Waals surface area contributed by atoms with E-state index in [1.807, 2.05) is 12.1 Å². The molecule has 0 unspecified atom stereocenters. The van der Waals surface area contributed by atoms with Gasteiger partial charge in [-0.1, -0.05) is 202 Å². The molecule has 4 nitrogen and oxygen atoms in total. The zero-order chi connectivity index (χ0) is 43.9. The number of carbonyl (C=O) groups excluding carboxylic acids is 2. The second-order valence-corrected chi connectivity index (χ2v) is 18.2. The van der Waals surface area contributed by atoms with Gasteiger partial charge >= 0.3 is 11.9 Å². The SMILES string of the molecule is CCCCCCCCCCCCCCC(=O)Oc1ccc(OC(=O)CCCCCCCCCCCCCC)c(C/C=C(\C)CC/C=C(\C)CC/C=C(\C)CCC=C(C)C)c1. The summed E-state index contributed by atoms with van der Waals surface area (Å²) in [5, 5.41) is 0. The highest BCUT2D eigenvalue weighted by Crippen LogP contribution is 2.27. The van der Waals surface area contributed by atoms with Crippen LogP contribution in [0, 0.1) is 0 Å². The van der Waals surface area contributed by atoms with Gasteiger partial charge in [-0.25, -0.2) is 0 Å². The summed E-state index contributed by atoms with van der Waals surface area (Å²) in [5.41, 5.74) is 6.50. The van der Waals surface area contributed by atoms with Crippen LogP contribution in [0.4, 0.5) is 0 Å². The maximum Gasteiger partial charge on any atom is 0.311 e. The third-order valence-electron chi connectivity index (χ3n) is 11.8. The molecule has 342 valence electrons. The predicted octanol–water partition coefficient (Wildman–Crippen LogP) is 18.4. The molecule has 0 aliphatic rings. The molecule has 0 radical (unpaired) electrons. The number of carbonyl (C=O) groups is 2. The van der Waals surface area contributed by atoms with Crippen molar-refractivity contribution in [2.75, 3.05) is 0 Å². The number of ether oxygens (including phenoxy) is 2. The molecule has 0 saturated heterocycles. The molecular formula is C56H94O4. The molecule has 0 amide bonds. The van der Waals surface area contributed by atoms with Crippen LogP contribution in [-0.2, 0) is 16.0 Å². The van der Waals surface area contributed by atoms with Crippen LogP contribution in [0.1, 0.15) is 259 Å². The summed E-state index contributed by atoms with van der Waals surface area (Å²) in [6, 6.07) is 5.49. The van der Waals surface area contributed by atoms with E-state index in [0.717, 1.165) is 69.8 Å². The lowest BCUT2D eigenvalue weighted by Crippen LogP contribution is -2.10. The van der Waals surface area contributed by atoms with Crippen molar-refractivity contribution < 1.29 is 19.1 Å². The van der Waals surface area contributed by atoms with Gasteiger partial charge in [-0.3, -0.25) is 9.59 Å². The Kier molecular flexibility index (Phi) is 35.8. The van der Waals surface area contributed by atoms with Crippen molar-refractivity contribution in [1.82, 2.24) is 0 Å². The van der Waals surface area contributed by atoms with Crippen molar-refractivity contribution in [1.29, 1.82) is 0 Å². The Morgan fingerprint density at radius 2 is 0.800 bits per heavy atom. The molecule has 0 aliphatic carbocycles. The Hall–Kier alpha value is -2.88. The quantitative estimate of drug-likeness (QED) is 0.0287. The van der Waals surface area contributed by atoms with E-state index in [-0.39, 0.29) is 11.9 Å². The van der Waals surface area contributed by atoms with Crippen LogP contribution in [0.3, 0.4) is 0 Å². The average molecular weight is 831 g/mol. The summed E-state index contributed by atoms with van der Waals surface area (Å²) in [7, 11) is 0. The van der Waals surface area contributed by atoms with Crippen molar-refractivity contribution >= 4 is 11.9 Å². The minimum Gasteiger partial charge on any atom is -0.427 e. The van der Waals surface area contributed by atoms with Crippen molar-refractivity contribution in [3.63, 3.8) is 0 Å². The minimum absolute atomic E-state index is 0.181. The van der Waals surface area contributed by atoms with Crippen LogP contribution in [0.25, 0.3) is 0 Å². The number of hydrogen-bond donors (Lipinski definition) is 0. The van der Waals surface area contributed by atoms with E-state index in [0.29, 0.717) is 30.8 Å². The fourth-order valence-corrected chi connectivity index (χ4v) is 7.73. The smallest absolute Gasteiger partial charge is 0.311 e. The lowest BCUT2D eigenvalue weighted by Gasteiger charge is -2.12. The van der Waals surface area contributed by atoms with E-state index in [4.69, 9.17) is 9.47 Å². The lowest BCUT2D eigenvalue weighted by molar-refractivity contribution is -0.135. The summed E-state index contributed by atoms with van der Waals surface area (Å²) in [4.78, 5) is 25.8. The second kappa shape index (κ2) is 39.0. The van der Waals surface area contributed by atoms with Crippen LogP contribution >= 0.6 is 0 Å². The summed E-state index contributed by atoms with van der Waals surface area (Å²) in [5.74, 6) is 0.733. The Balaban J connectivity index is 2.66. The van der Waals surface area contributed by atoms with Gasteiger partial charge < -0.3 is 9.47 Å². The fourth-order valence-electron chi connectivity index (χ4n) is 7.73. The first-order chi connectivity index (χ1) is 29.1. The number of allylic oxidation sites excluding steroid dienone is 8. The standard InChI is InChI=1S/C56H94O4/c1-8-10-12-14-16-18-20-22-24-26-28-30-41-55(57)59-53-45-46-54(60-56(58)42-31-29-27-25-23-21-19-17-15-13-11-9-2)52(47-53)44-43-51(7)40-34-39-50(6)38-33-37-49(5)36-32-35-48(3)4/h35,37,39,43,45-47H,8-34,36,38,40-42,44H2,1-7H3/b49-37+,50-39+,51-43+. The van der Waals surface area contributed by atoms with Gasteiger partial charge in [-0.2, -0.15) is 0 Å². The molecule has 0 aromatic heterocycles. The van der Waals surface area contributed by atoms with Crippen LogP contribution in [0.5, 0.6) is 11.5 Å². The molecule has 1 aromatic carbocycles. The number of esters is 2. The van der Waals surface area contributed by atoms with E-state index in [1.165, 1.54) is 151 Å². The molecule has 1 rings (SSSR count). The maximum absolute atomic E-state index is 13.0. The second-order valence-electron chi connectivity index (χ2n) is 18.2. The first-order valence-electron chi connectivity index (χ1n) is 25.3. The van der Waals surface area contributed by atoms with Gasteiger partial charge in [0.25, 0.3) is 0 Å². The molecule has 0 N–H and O–H groups in total. The molecule has 60 heavy (non-hydrogen) atoms. The zero-order valence-electron chi connectivity index (χ0n) is 40.5. The highest BCUT2D eigenvalue weighted by Gasteiger charge is 2.13. The lowest BCUT2D eigenvalue weighted by atomic mass is 10.0. The molecule has 0 atom stereocenters. The predicted molar refractivity (Wildman–Crippen MR) is 261 cm³/mol. The highest BCUT2D eigenvalue weighted by molar-refractivity contribution is 5.74. The molecule has 0 aliphatic heterocycles. The molecule has 0 heterocycles. The number of hydrogen-bond acceptors (Lipinski definition) is 4. The molecular weight excluding hydrogens is 737 g/mol. The van der Waals surface area contributed by atoms with Crippen molar-refractivity contribution in [3.05, 3.63) is 70.4 Å². The minimum atomic E-state index is -0.187. The van der Waals surface area contributed by atoms with Crippen LogP contribution < -0.4 is 9.47 Å². The summed E-state index contributed by atoms with van der Waals surface area (Å²) < 4.78 is 11.8. The monoisotopic (exact) mass is 831 g/mol. The summed E-state index contributed by atoms with van der Waals surface area (Å²) >= 11 is 0. The molecule has 4 heteroatoms. The molecule has 0 bridgehead atoms. The number of benzene rings is 1. The van der Waals surface area contributed by atoms with Crippen molar-refractivity contribution in [2.24, 2.45) is 0 Å². The topological polar surface area (TPSA) is 52.6 Å². The van der Waals surface area contributed by atoms with E-state index in [9.17, 15) is 9.59 Å². The Morgan fingerprint density at radius 3 is 1.22 bits per heavy atom. The number of rotatable bonds is 39. The number of unbranched alkanes of at least 4 members (excludes halogenated alkanes) is 22. The normalized spacial score (nSPS) is 12.2. The van der Waals surface area contributed by atoms with E-state index < -0.39 is 0 Å². The average Bonchev–Trinajstić information content (AvgIpc) is 3.21. The van der Waals surface area contributed by atoms with Gasteiger partial charge in [-0.05, 0) is 111 Å². The molecule has 1 aromatic rings. The third-order valence-corrected chi connectivity index (χ3v) is 11.8. The van der Waals surface area contributed by atoms with E-state index in [1.54, 1.807) is 6.07 Å². The summed E-state index contributed by atoms with van der Waals surface area (Å²) in [6.07, 6.45) is 47.6. The summed E-state index contributed by atoms with van der Waals surface area (Å²) in [6.45, 7) is 15.5. The molecule has 0 fully saturated rings. The van der Waals surface area contributed by atoms with Gasteiger partial charge in [0.1, 0.15) is 11.5 Å². The highest BCUT2D eigenvalue weighted by atomic mass is 16.5. The van der Waals surface area contributed by atoms with Crippen LogP contribution in [-0.4, -0.2) is 11.9 Å². The van der Waals surface area contributed by atoms with Crippen LogP contribution in [0.2, 0.25) is 0 Å².